The van der Waals surface area contributed by atoms with Crippen LogP contribution in [0.1, 0.15) is 19.4 Å². The monoisotopic (exact) mass is 236 g/mol. The zero-order valence-corrected chi connectivity index (χ0v) is 10.4. The van der Waals surface area contributed by atoms with Gasteiger partial charge in [0.15, 0.2) is 0 Å². The molecule has 0 radical (unpaired) electrons. The number of rotatable bonds is 5. The molecule has 0 atom stereocenters. The molecular weight excluding hydrogens is 219 g/mol. The van der Waals surface area contributed by atoms with Crippen molar-refractivity contribution < 1.29 is 9.13 Å². The molecule has 1 N–H and O–H groups in total. The number of ether oxygens (including phenoxy) is 1. The third kappa shape index (κ3) is 3.43. The fourth-order valence-corrected chi connectivity index (χ4v) is 1.74. The number of nitrogens with one attached hydrogen (secondary N) is 1. The largest absolute Gasteiger partial charge is 0.496 e. The normalized spacial score (nSPS) is 11.0. The molecule has 0 aromatic heterocycles. The zero-order valence-electron chi connectivity index (χ0n) is 10.4. The maximum Gasteiger partial charge on any atom is 0.123 e. The first-order chi connectivity index (χ1) is 8.01. The third-order valence-corrected chi connectivity index (χ3v) is 2.66. The summed E-state index contributed by atoms with van der Waals surface area (Å²) in [6.07, 6.45) is 0. The first-order valence-corrected chi connectivity index (χ1v) is 5.43. The summed E-state index contributed by atoms with van der Waals surface area (Å²) in [5, 5.41) is 11.5. The molecule has 0 amide bonds. The average molecular weight is 236 g/mol. The van der Waals surface area contributed by atoms with Crippen LogP contribution in [0.5, 0.6) is 5.75 Å². The molecule has 0 aliphatic heterocycles. The minimum absolute atomic E-state index is 0.279. The van der Waals surface area contributed by atoms with E-state index in [4.69, 9.17) is 10.00 Å². The van der Waals surface area contributed by atoms with E-state index in [1.807, 2.05) is 19.9 Å². The number of hydrogen-bond acceptors (Lipinski definition) is 3. The molecule has 0 bridgehead atoms. The molecule has 4 heteroatoms. The second-order valence-electron chi connectivity index (χ2n) is 4.49. The van der Waals surface area contributed by atoms with Crippen LogP contribution >= 0.6 is 0 Å². The number of halogens is 1. The Morgan fingerprint density at radius 1 is 1.47 bits per heavy atom. The van der Waals surface area contributed by atoms with Crippen LogP contribution in [-0.4, -0.2) is 20.2 Å². The minimum Gasteiger partial charge on any atom is -0.496 e. The molecule has 1 aromatic carbocycles. The number of benzene rings is 1. The van der Waals surface area contributed by atoms with Crippen molar-refractivity contribution in [3.8, 4) is 11.8 Å². The molecule has 0 spiro atoms. The van der Waals surface area contributed by atoms with E-state index in [2.05, 4.69) is 5.32 Å². The van der Waals surface area contributed by atoms with Crippen molar-refractivity contribution in [2.75, 3.05) is 20.2 Å². The fraction of sp³-hybridized carbons (Fsp3) is 0.462. The fourth-order valence-electron chi connectivity index (χ4n) is 1.74. The van der Waals surface area contributed by atoms with Gasteiger partial charge in [0, 0.05) is 17.5 Å². The van der Waals surface area contributed by atoms with Crippen molar-refractivity contribution in [3.63, 3.8) is 0 Å². The van der Waals surface area contributed by atoms with E-state index >= 15 is 0 Å². The minimum atomic E-state index is -0.301. The molecule has 1 aromatic rings. The molecule has 0 heterocycles. The van der Waals surface area contributed by atoms with Crippen LogP contribution in [0.25, 0.3) is 0 Å². The summed E-state index contributed by atoms with van der Waals surface area (Å²) in [4.78, 5) is 0. The van der Waals surface area contributed by atoms with Gasteiger partial charge in [0.25, 0.3) is 0 Å². The first kappa shape index (κ1) is 13.5. The van der Waals surface area contributed by atoms with Crippen molar-refractivity contribution in [1.29, 1.82) is 5.26 Å². The van der Waals surface area contributed by atoms with E-state index in [1.54, 1.807) is 13.2 Å². The van der Waals surface area contributed by atoms with E-state index in [-0.39, 0.29) is 17.8 Å². The predicted octanol–water partition coefficient (Wildman–Crippen LogP) is 2.23. The summed E-state index contributed by atoms with van der Waals surface area (Å²) >= 11 is 0. The van der Waals surface area contributed by atoms with E-state index < -0.39 is 0 Å². The van der Waals surface area contributed by atoms with Crippen molar-refractivity contribution in [2.45, 2.75) is 19.3 Å². The van der Waals surface area contributed by atoms with Gasteiger partial charge in [0.1, 0.15) is 11.6 Å². The van der Waals surface area contributed by atoms with Gasteiger partial charge in [0.2, 0.25) is 0 Å². The highest BCUT2D eigenvalue weighted by Crippen LogP contribution is 2.31. The van der Waals surface area contributed by atoms with Gasteiger partial charge in [-0.1, -0.05) is 13.8 Å². The van der Waals surface area contributed by atoms with Crippen LogP contribution < -0.4 is 10.1 Å². The molecule has 3 nitrogen and oxygen atoms in total. The zero-order chi connectivity index (χ0) is 12.9. The van der Waals surface area contributed by atoms with Crippen molar-refractivity contribution in [2.24, 2.45) is 0 Å². The van der Waals surface area contributed by atoms with Crippen LogP contribution in [0.4, 0.5) is 4.39 Å². The second-order valence-corrected chi connectivity index (χ2v) is 4.49. The molecule has 0 saturated carbocycles. The van der Waals surface area contributed by atoms with Gasteiger partial charge in [-0.2, -0.15) is 5.26 Å². The smallest absolute Gasteiger partial charge is 0.123 e. The Hall–Kier alpha value is -1.60. The highest BCUT2D eigenvalue weighted by Gasteiger charge is 2.24. The molecule has 0 fully saturated rings. The summed E-state index contributed by atoms with van der Waals surface area (Å²) in [5.41, 5.74) is 0.495. The predicted molar refractivity (Wildman–Crippen MR) is 64.5 cm³/mol. The summed E-state index contributed by atoms with van der Waals surface area (Å²) in [6, 6.07) is 6.49. The standard InChI is InChI=1S/C13H17FN2O/c1-13(2,9-16-7-6-15)11-8-10(14)4-5-12(11)17-3/h4-5,8,16H,7,9H2,1-3H3. The summed E-state index contributed by atoms with van der Waals surface area (Å²) in [6.45, 7) is 4.82. The van der Waals surface area contributed by atoms with Gasteiger partial charge in [-0.05, 0) is 18.2 Å². The van der Waals surface area contributed by atoms with Crippen molar-refractivity contribution >= 4 is 0 Å². The quantitative estimate of drug-likeness (QED) is 0.630. The summed E-state index contributed by atoms with van der Waals surface area (Å²) < 4.78 is 18.5. The van der Waals surface area contributed by atoms with Gasteiger partial charge < -0.3 is 10.1 Å². The Morgan fingerprint density at radius 3 is 2.76 bits per heavy atom. The van der Waals surface area contributed by atoms with Crippen LogP contribution in [0.2, 0.25) is 0 Å². The van der Waals surface area contributed by atoms with Gasteiger partial charge in [-0.25, -0.2) is 4.39 Å². The van der Waals surface area contributed by atoms with Crippen LogP contribution in [-0.2, 0) is 5.41 Å². The first-order valence-electron chi connectivity index (χ1n) is 5.43. The lowest BCUT2D eigenvalue weighted by Gasteiger charge is -2.27. The van der Waals surface area contributed by atoms with E-state index in [9.17, 15) is 4.39 Å². The Kier molecular flexibility index (Phi) is 4.47. The van der Waals surface area contributed by atoms with Crippen LogP contribution in [0.15, 0.2) is 18.2 Å². The van der Waals surface area contributed by atoms with E-state index in [0.717, 1.165) is 5.56 Å². The van der Waals surface area contributed by atoms with Gasteiger partial charge in [-0.3, -0.25) is 0 Å². The van der Waals surface area contributed by atoms with Gasteiger partial charge in [0.05, 0.1) is 19.7 Å². The molecule has 0 saturated heterocycles. The maximum absolute atomic E-state index is 13.3. The Labute approximate surface area is 101 Å². The van der Waals surface area contributed by atoms with Crippen LogP contribution in [0.3, 0.4) is 0 Å². The Balaban J connectivity index is 2.96. The molecule has 92 valence electrons. The van der Waals surface area contributed by atoms with Gasteiger partial charge in [-0.15, -0.1) is 0 Å². The SMILES string of the molecule is COc1ccc(F)cc1C(C)(C)CNCC#N. The summed E-state index contributed by atoms with van der Waals surface area (Å²) in [7, 11) is 1.57. The summed E-state index contributed by atoms with van der Waals surface area (Å²) in [5.74, 6) is 0.379. The highest BCUT2D eigenvalue weighted by atomic mass is 19.1. The van der Waals surface area contributed by atoms with Crippen molar-refractivity contribution in [3.05, 3.63) is 29.6 Å². The Morgan fingerprint density at radius 2 is 2.18 bits per heavy atom. The maximum atomic E-state index is 13.3. The molecular formula is C13H17FN2O. The average Bonchev–Trinajstić information content (AvgIpc) is 2.29. The molecule has 0 aliphatic carbocycles. The van der Waals surface area contributed by atoms with Gasteiger partial charge >= 0.3 is 0 Å². The topological polar surface area (TPSA) is 45.0 Å². The van der Waals surface area contributed by atoms with Crippen molar-refractivity contribution in [1.82, 2.24) is 5.32 Å². The number of hydrogen-bond donors (Lipinski definition) is 1. The Bertz CT molecular complexity index is 424. The highest BCUT2D eigenvalue weighted by molar-refractivity contribution is 5.39. The molecule has 0 unspecified atom stereocenters. The lowest BCUT2D eigenvalue weighted by atomic mass is 9.84. The van der Waals surface area contributed by atoms with E-state index in [1.165, 1.54) is 12.1 Å². The number of methoxy groups -OCH3 is 1. The molecule has 1 rings (SSSR count). The molecule has 0 aliphatic rings. The molecule has 17 heavy (non-hydrogen) atoms. The third-order valence-electron chi connectivity index (χ3n) is 2.66. The lowest BCUT2D eigenvalue weighted by Crippen LogP contribution is -2.33. The lowest BCUT2D eigenvalue weighted by molar-refractivity contribution is 0.385. The second kappa shape index (κ2) is 5.65. The van der Waals surface area contributed by atoms with E-state index in [0.29, 0.717) is 12.3 Å². The number of nitrogens with zero attached hydrogens (tertiary/aromatic N) is 1. The number of nitriles is 1. The van der Waals surface area contributed by atoms with Crippen LogP contribution in [0, 0.1) is 17.1 Å².